The maximum Gasteiger partial charge on any atom is 0.337 e. The molecule has 6 nitrogen and oxygen atoms in total. The molecule has 0 atom stereocenters. The van der Waals surface area contributed by atoms with E-state index < -0.39 is 5.97 Å². The number of carboxylic acid groups (broad SMARTS) is 1. The van der Waals surface area contributed by atoms with Crippen LogP contribution in [0.25, 0.3) is 0 Å². The van der Waals surface area contributed by atoms with Crippen LogP contribution in [0.15, 0.2) is 18.2 Å². The molecule has 96 valence electrons. The van der Waals surface area contributed by atoms with E-state index in [1.54, 1.807) is 24.1 Å². The van der Waals surface area contributed by atoms with Crippen molar-refractivity contribution in [2.45, 2.75) is 0 Å². The summed E-state index contributed by atoms with van der Waals surface area (Å²) >= 11 is 0. The van der Waals surface area contributed by atoms with E-state index in [1.807, 2.05) is 4.90 Å². The quantitative estimate of drug-likeness (QED) is 0.733. The van der Waals surface area contributed by atoms with Gasteiger partial charge in [-0.2, -0.15) is 0 Å². The Bertz CT molecular complexity index is 501. The van der Waals surface area contributed by atoms with Crippen LogP contribution in [0.1, 0.15) is 10.4 Å². The monoisotopic (exact) mass is 249 g/mol. The molecule has 18 heavy (non-hydrogen) atoms. The molecule has 1 aromatic rings. The lowest BCUT2D eigenvalue weighted by molar-refractivity contribution is -0.129. The molecule has 1 fully saturated rings. The third-order valence-corrected chi connectivity index (χ3v) is 3.11. The van der Waals surface area contributed by atoms with Crippen molar-refractivity contribution in [2.24, 2.45) is 0 Å². The molecule has 0 saturated carbocycles. The van der Waals surface area contributed by atoms with E-state index in [0.29, 0.717) is 18.8 Å². The minimum Gasteiger partial charge on any atom is -0.478 e. The average Bonchev–Trinajstić information content (AvgIpc) is 2.33. The number of rotatable bonds is 2. The number of nitrogens with zero attached hydrogens (tertiary/aromatic N) is 2. The standard InChI is InChI=1S/C12H15N3O3/c1-14-5-6-15(7-10(14)16)9-4-2-3-8(11(9)13)12(17)18/h2-4H,5-7,13H2,1H3,(H,17,18). The number of anilines is 2. The molecule has 0 radical (unpaired) electrons. The highest BCUT2D eigenvalue weighted by molar-refractivity contribution is 5.98. The Morgan fingerprint density at radius 1 is 1.39 bits per heavy atom. The number of amides is 1. The van der Waals surface area contributed by atoms with Crippen molar-refractivity contribution in [3.63, 3.8) is 0 Å². The van der Waals surface area contributed by atoms with Crippen LogP contribution in [0.2, 0.25) is 0 Å². The van der Waals surface area contributed by atoms with E-state index in [-0.39, 0.29) is 23.7 Å². The first-order chi connectivity index (χ1) is 8.50. The SMILES string of the molecule is CN1CCN(c2cccc(C(=O)O)c2N)CC1=O. The van der Waals surface area contributed by atoms with Crippen molar-refractivity contribution in [3.8, 4) is 0 Å². The molecular formula is C12H15N3O3. The van der Waals surface area contributed by atoms with Gasteiger partial charge in [-0.25, -0.2) is 4.79 Å². The third kappa shape index (κ3) is 2.09. The Kier molecular flexibility index (Phi) is 3.10. The number of hydrogen-bond donors (Lipinski definition) is 2. The predicted molar refractivity (Wildman–Crippen MR) is 67.7 cm³/mol. The van der Waals surface area contributed by atoms with E-state index in [2.05, 4.69) is 0 Å². The van der Waals surface area contributed by atoms with Gasteiger partial charge in [0.1, 0.15) is 0 Å². The maximum atomic E-state index is 11.6. The summed E-state index contributed by atoms with van der Waals surface area (Å²) in [5, 5.41) is 9.01. The van der Waals surface area contributed by atoms with Crippen molar-refractivity contribution in [2.75, 3.05) is 37.3 Å². The molecular weight excluding hydrogens is 234 g/mol. The van der Waals surface area contributed by atoms with Crippen LogP contribution in [0, 0.1) is 0 Å². The predicted octanol–water partition coefficient (Wildman–Crippen LogP) is 0.245. The molecule has 6 heteroatoms. The van der Waals surface area contributed by atoms with Crippen LogP contribution in [0.4, 0.5) is 11.4 Å². The van der Waals surface area contributed by atoms with E-state index in [4.69, 9.17) is 10.8 Å². The summed E-state index contributed by atoms with van der Waals surface area (Å²) in [7, 11) is 1.75. The van der Waals surface area contributed by atoms with Crippen LogP contribution in [-0.2, 0) is 4.79 Å². The Morgan fingerprint density at radius 3 is 2.72 bits per heavy atom. The molecule has 0 spiro atoms. The fourth-order valence-corrected chi connectivity index (χ4v) is 1.98. The van der Waals surface area contributed by atoms with Crippen LogP contribution in [-0.4, -0.2) is 48.6 Å². The van der Waals surface area contributed by atoms with Crippen LogP contribution in [0.3, 0.4) is 0 Å². The molecule has 1 aromatic carbocycles. The van der Waals surface area contributed by atoms with Gasteiger partial charge in [-0.15, -0.1) is 0 Å². The fraction of sp³-hybridized carbons (Fsp3) is 0.333. The van der Waals surface area contributed by atoms with Crippen LogP contribution in [0.5, 0.6) is 0 Å². The van der Waals surface area contributed by atoms with Gasteiger partial charge in [0.2, 0.25) is 5.91 Å². The van der Waals surface area contributed by atoms with Gasteiger partial charge in [0, 0.05) is 20.1 Å². The van der Waals surface area contributed by atoms with Gasteiger partial charge >= 0.3 is 5.97 Å². The minimum atomic E-state index is -1.06. The van der Waals surface area contributed by atoms with Gasteiger partial charge in [-0.05, 0) is 12.1 Å². The first kappa shape index (κ1) is 12.2. The number of carbonyl (C=O) groups excluding carboxylic acids is 1. The van der Waals surface area contributed by atoms with Crippen molar-refractivity contribution in [1.82, 2.24) is 4.90 Å². The summed E-state index contributed by atoms with van der Waals surface area (Å²) < 4.78 is 0. The van der Waals surface area contributed by atoms with Crippen LogP contribution >= 0.6 is 0 Å². The number of likely N-dealkylation sites (N-methyl/N-ethyl adjacent to an activating group) is 1. The number of para-hydroxylation sites is 1. The van der Waals surface area contributed by atoms with E-state index >= 15 is 0 Å². The molecule has 1 heterocycles. The lowest BCUT2D eigenvalue weighted by Gasteiger charge is -2.34. The van der Waals surface area contributed by atoms with Gasteiger partial charge in [-0.3, -0.25) is 4.79 Å². The largest absolute Gasteiger partial charge is 0.478 e. The highest BCUT2D eigenvalue weighted by Gasteiger charge is 2.23. The van der Waals surface area contributed by atoms with Gasteiger partial charge in [-0.1, -0.05) is 6.07 Å². The van der Waals surface area contributed by atoms with E-state index in [1.165, 1.54) is 6.07 Å². The first-order valence-corrected chi connectivity index (χ1v) is 5.61. The summed E-state index contributed by atoms with van der Waals surface area (Å²) in [4.78, 5) is 26.1. The summed E-state index contributed by atoms with van der Waals surface area (Å²) in [5.74, 6) is -1.06. The zero-order valence-corrected chi connectivity index (χ0v) is 10.1. The summed E-state index contributed by atoms with van der Waals surface area (Å²) in [6, 6.07) is 4.83. The number of benzene rings is 1. The molecule has 0 unspecified atom stereocenters. The van der Waals surface area contributed by atoms with Crippen molar-refractivity contribution < 1.29 is 14.7 Å². The molecule has 0 aromatic heterocycles. The molecule has 0 bridgehead atoms. The Labute approximate surface area is 105 Å². The molecule has 1 saturated heterocycles. The summed E-state index contributed by atoms with van der Waals surface area (Å²) in [6.45, 7) is 1.48. The van der Waals surface area contributed by atoms with Gasteiger partial charge in [0.15, 0.2) is 0 Å². The van der Waals surface area contributed by atoms with Crippen LogP contribution < -0.4 is 10.6 Å². The topological polar surface area (TPSA) is 86.9 Å². The highest BCUT2D eigenvalue weighted by Crippen LogP contribution is 2.27. The van der Waals surface area contributed by atoms with Gasteiger partial charge in [0.25, 0.3) is 0 Å². The zero-order chi connectivity index (χ0) is 13.3. The summed E-state index contributed by atoms with van der Waals surface area (Å²) in [6.07, 6.45) is 0. The van der Waals surface area contributed by atoms with E-state index in [9.17, 15) is 9.59 Å². The number of aromatic carboxylic acids is 1. The van der Waals surface area contributed by atoms with Gasteiger partial charge < -0.3 is 20.6 Å². The Hall–Kier alpha value is -2.24. The molecule has 2 rings (SSSR count). The Morgan fingerprint density at radius 2 is 2.11 bits per heavy atom. The summed E-state index contributed by atoms with van der Waals surface area (Å²) in [5.41, 5.74) is 6.73. The number of carboxylic acids is 1. The van der Waals surface area contributed by atoms with Crippen molar-refractivity contribution >= 4 is 23.3 Å². The Balaban J connectivity index is 2.32. The molecule has 1 amide bonds. The number of nitrogen functional groups attached to an aromatic ring is 1. The fourth-order valence-electron chi connectivity index (χ4n) is 1.98. The first-order valence-electron chi connectivity index (χ1n) is 5.61. The minimum absolute atomic E-state index is 0.00128. The normalized spacial score (nSPS) is 15.9. The zero-order valence-electron chi connectivity index (χ0n) is 10.1. The number of hydrogen-bond acceptors (Lipinski definition) is 4. The molecule has 3 N–H and O–H groups in total. The van der Waals surface area contributed by atoms with Crippen molar-refractivity contribution in [3.05, 3.63) is 23.8 Å². The smallest absolute Gasteiger partial charge is 0.337 e. The average molecular weight is 249 g/mol. The number of nitrogens with two attached hydrogens (primary N) is 1. The second-order valence-electron chi connectivity index (χ2n) is 4.28. The van der Waals surface area contributed by atoms with Crippen molar-refractivity contribution in [1.29, 1.82) is 0 Å². The second kappa shape index (κ2) is 4.56. The number of piperazine rings is 1. The lowest BCUT2D eigenvalue weighted by Crippen LogP contribution is -2.48. The number of carbonyl (C=O) groups is 2. The second-order valence-corrected chi connectivity index (χ2v) is 4.28. The third-order valence-electron chi connectivity index (χ3n) is 3.11. The van der Waals surface area contributed by atoms with E-state index in [0.717, 1.165) is 0 Å². The molecule has 1 aliphatic heterocycles. The molecule has 1 aliphatic rings. The maximum absolute atomic E-state index is 11.6. The molecule has 0 aliphatic carbocycles. The highest BCUT2D eigenvalue weighted by atomic mass is 16.4. The lowest BCUT2D eigenvalue weighted by atomic mass is 10.1. The van der Waals surface area contributed by atoms with Gasteiger partial charge in [0.05, 0.1) is 23.5 Å².